The predicted octanol–water partition coefficient (Wildman–Crippen LogP) is 3.21. The zero-order valence-electron chi connectivity index (χ0n) is 13.1. The SMILES string of the molecule is CC(C)(NC(=O)C1C2C=CC(C2)C1C(=O)O)c1ccc(Cl)cc1. The zero-order chi connectivity index (χ0) is 16.8. The van der Waals surface area contributed by atoms with Crippen LogP contribution in [0.2, 0.25) is 5.02 Å². The molecule has 2 N–H and O–H groups in total. The highest BCUT2D eigenvalue weighted by Crippen LogP contribution is 2.48. The van der Waals surface area contributed by atoms with Gasteiger partial charge in [-0.2, -0.15) is 0 Å². The van der Waals surface area contributed by atoms with Crippen molar-refractivity contribution in [1.82, 2.24) is 5.32 Å². The highest BCUT2D eigenvalue weighted by Gasteiger charge is 2.52. The molecular formula is C18H20ClNO3. The van der Waals surface area contributed by atoms with Gasteiger partial charge in [0.2, 0.25) is 5.91 Å². The van der Waals surface area contributed by atoms with Crippen LogP contribution in [0.25, 0.3) is 0 Å². The summed E-state index contributed by atoms with van der Waals surface area (Å²) in [7, 11) is 0. The third-order valence-electron chi connectivity index (χ3n) is 5.05. The first-order valence-corrected chi connectivity index (χ1v) is 8.16. The lowest BCUT2D eigenvalue weighted by atomic mass is 9.81. The van der Waals surface area contributed by atoms with Crippen LogP contribution in [0.15, 0.2) is 36.4 Å². The molecule has 2 aliphatic rings. The van der Waals surface area contributed by atoms with E-state index in [0.717, 1.165) is 12.0 Å². The van der Waals surface area contributed by atoms with Crippen molar-refractivity contribution in [3.05, 3.63) is 47.0 Å². The maximum Gasteiger partial charge on any atom is 0.307 e. The molecular weight excluding hydrogens is 314 g/mol. The van der Waals surface area contributed by atoms with Crippen molar-refractivity contribution in [2.45, 2.75) is 25.8 Å². The molecule has 1 fully saturated rings. The van der Waals surface area contributed by atoms with Crippen LogP contribution in [0.1, 0.15) is 25.8 Å². The lowest BCUT2D eigenvalue weighted by Crippen LogP contribution is -2.47. The van der Waals surface area contributed by atoms with Crippen LogP contribution in [-0.4, -0.2) is 17.0 Å². The predicted molar refractivity (Wildman–Crippen MR) is 88.0 cm³/mol. The molecule has 122 valence electrons. The van der Waals surface area contributed by atoms with E-state index >= 15 is 0 Å². The third-order valence-corrected chi connectivity index (χ3v) is 5.30. The number of hydrogen-bond donors (Lipinski definition) is 2. The Kier molecular flexibility index (Phi) is 3.96. The average Bonchev–Trinajstić information content (AvgIpc) is 3.07. The average molecular weight is 334 g/mol. The second kappa shape index (κ2) is 5.68. The van der Waals surface area contributed by atoms with Gasteiger partial charge in [0.1, 0.15) is 0 Å². The summed E-state index contributed by atoms with van der Waals surface area (Å²) in [5.41, 5.74) is 0.344. The number of aliphatic carboxylic acids is 1. The Bertz CT molecular complexity index is 665. The highest BCUT2D eigenvalue weighted by molar-refractivity contribution is 6.30. The van der Waals surface area contributed by atoms with Crippen LogP contribution in [-0.2, 0) is 15.1 Å². The van der Waals surface area contributed by atoms with Crippen LogP contribution in [0.4, 0.5) is 0 Å². The van der Waals surface area contributed by atoms with Gasteiger partial charge >= 0.3 is 5.97 Å². The van der Waals surface area contributed by atoms with Crippen LogP contribution < -0.4 is 5.32 Å². The van der Waals surface area contributed by atoms with E-state index in [-0.39, 0.29) is 17.7 Å². The number of hydrogen-bond acceptors (Lipinski definition) is 2. The fourth-order valence-corrected chi connectivity index (χ4v) is 3.97. The number of rotatable bonds is 4. The molecule has 4 unspecified atom stereocenters. The molecule has 1 saturated carbocycles. The largest absolute Gasteiger partial charge is 0.481 e. The first-order valence-electron chi connectivity index (χ1n) is 7.79. The van der Waals surface area contributed by atoms with Gasteiger partial charge in [0.25, 0.3) is 0 Å². The third kappa shape index (κ3) is 2.88. The van der Waals surface area contributed by atoms with E-state index in [1.165, 1.54) is 0 Å². The molecule has 1 aromatic rings. The summed E-state index contributed by atoms with van der Waals surface area (Å²) in [6.07, 6.45) is 4.69. The van der Waals surface area contributed by atoms with Gasteiger partial charge in [-0.1, -0.05) is 35.9 Å². The minimum absolute atomic E-state index is 0.0214. The van der Waals surface area contributed by atoms with Crippen molar-refractivity contribution >= 4 is 23.5 Å². The number of fused-ring (bicyclic) bond motifs is 2. The summed E-state index contributed by atoms with van der Waals surface area (Å²) in [6.45, 7) is 3.82. The van der Waals surface area contributed by atoms with E-state index in [2.05, 4.69) is 5.32 Å². The summed E-state index contributed by atoms with van der Waals surface area (Å²) >= 11 is 5.91. The van der Waals surface area contributed by atoms with Crippen LogP contribution in [0.3, 0.4) is 0 Å². The Balaban J connectivity index is 1.79. The number of amides is 1. The number of carboxylic acids is 1. The molecule has 0 spiro atoms. The number of carboxylic acid groups (broad SMARTS) is 1. The monoisotopic (exact) mass is 333 g/mol. The number of allylic oxidation sites excluding steroid dienone is 2. The Morgan fingerprint density at radius 1 is 1.13 bits per heavy atom. The molecule has 0 aliphatic heterocycles. The van der Waals surface area contributed by atoms with Gasteiger partial charge < -0.3 is 10.4 Å². The van der Waals surface area contributed by atoms with Gasteiger partial charge in [-0.25, -0.2) is 0 Å². The second-order valence-corrected chi connectivity index (χ2v) is 7.40. The van der Waals surface area contributed by atoms with Crippen molar-refractivity contribution in [1.29, 1.82) is 0 Å². The summed E-state index contributed by atoms with van der Waals surface area (Å²) in [4.78, 5) is 24.3. The molecule has 2 bridgehead atoms. The molecule has 0 radical (unpaired) electrons. The van der Waals surface area contributed by atoms with Gasteiger partial charge in [-0.15, -0.1) is 0 Å². The highest BCUT2D eigenvalue weighted by atomic mass is 35.5. The topological polar surface area (TPSA) is 66.4 Å². The van der Waals surface area contributed by atoms with Gasteiger partial charge in [-0.3, -0.25) is 9.59 Å². The molecule has 4 nitrogen and oxygen atoms in total. The molecule has 0 heterocycles. The minimum atomic E-state index is -0.883. The van der Waals surface area contributed by atoms with E-state index < -0.39 is 23.3 Å². The van der Waals surface area contributed by atoms with Gasteiger partial charge in [0.15, 0.2) is 0 Å². The maximum atomic E-state index is 12.8. The fraction of sp³-hybridized carbons (Fsp3) is 0.444. The van der Waals surface area contributed by atoms with Gasteiger partial charge in [0.05, 0.1) is 17.4 Å². The summed E-state index contributed by atoms with van der Waals surface area (Å²) in [5.74, 6) is -2.17. The molecule has 4 atom stereocenters. The van der Waals surface area contributed by atoms with Crippen LogP contribution in [0, 0.1) is 23.7 Å². The van der Waals surface area contributed by atoms with E-state index in [1.807, 2.05) is 38.1 Å². The van der Waals surface area contributed by atoms with Crippen molar-refractivity contribution < 1.29 is 14.7 Å². The standard InChI is InChI=1S/C18H20ClNO3/c1-18(2,12-5-7-13(19)8-6-12)20-16(21)14-10-3-4-11(9-10)15(14)17(22)23/h3-8,10-11,14-15H,9H2,1-2H3,(H,20,21)(H,22,23). The minimum Gasteiger partial charge on any atom is -0.481 e. The first kappa shape index (κ1) is 16.1. The fourth-order valence-electron chi connectivity index (χ4n) is 3.85. The normalized spacial score (nSPS) is 28.8. The second-order valence-electron chi connectivity index (χ2n) is 6.96. The quantitative estimate of drug-likeness (QED) is 0.831. The Morgan fingerprint density at radius 2 is 1.70 bits per heavy atom. The number of carbonyl (C=O) groups excluding carboxylic acids is 1. The van der Waals surface area contributed by atoms with E-state index in [0.29, 0.717) is 5.02 Å². The molecule has 3 rings (SSSR count). The van der Waals surface area contributed by atoms with Gasteiger partial charge in [-0.05, 0) is 49.8 Å². The van der Waals surface area contributed by atoms with E-state index in [1.54, 1.807) is 12.1 Å². The van der Waals surface area contributed by atoms with E-state index in [9.17, 15) is 14.7 Å². The van der Waals surface area contributed by atoms with Crippen molar-refractivity contribution in [3.63, 3.8) is 0 Å². The summed E-state index contributed by atoms with van der Waals surface area (Å²) in [5, 5.41) is 13.1. The lowest BCUT2D eigenvalue weighted by molar-refractivity contribution is -0.148. The van der Waals surface area contributed by atoms with Crippen LogP contribution >= 0.6 is 11.6 Å². The molecule has 5 heteroatoms. The molecule has 23 heavy (non-hydrogen) atoms. The van der Waals surface area contributed by atoms with Crippen LogP contribution in [0.5, 0.6) is 0 Å². The number of nitrogens with one attached hydrogen (secondary N) is 1. The molecule has 2 aliphatic carbocycles. The first-order chi connectivity index (χ1) is 10.8. The van der Waals surface area contributed by atoms with Gasteiger partial charge in [0, 0.05) is 5.02 Å². The molecule has 1 amide bonds. The Labute approximate surface area is 140 Å². The molecule has 1 aromatic carbocycles. The zero-order valence-corrected chi connectivity index (χ0v) is 13.9. The lowest BCUT2D eigenvalue weighted by Gasteiger charge is -2.31. The summed E-state index contributed by atoms with van der Waals surface area (Å²) in [6, 6.07) is 7.31. The van der Waals surface area contributed by atoms with E-state index in [4.69, 9.17) is 11.6 Å². The van der Waals surface area contributed by atoms with Crippen molar-refractivity contribution in [2.75, 3.05) is 0 Å². The smallest absolute Gasteiger partial charge is 0.307 e. The Hall–Kier alpha value is -1.81. The number of benzene rings is 1. The molecule has 0 aromatic heterocycles. The molecule has 0 saturated heterocycles. The number of halogens is 1. The maximum absolute atomic E-state index is 12.8. The number of carbonyl (C=O) groups is 2. The Morgan fingerprint density at radius 3 is 2.26 bits per heavy atom. The summed E-state index contributed by atoms with van der Waals surface area (Å²) < 4.78 is 0. The van der Waals surface area contributed by atoms with Crippen molar-refractivity contribution in [3.8, 4) is 0 Å². The van der Waals surface area contributed by atoms with Crippen molar-refractivity contribution in [2.24, 2.45) is 23.7 Å².